The topological polar surface area (TPSA) is 701 Å². The summed E-state index contributed by atoms with van der Waals surface area (Å²) in [7, 11) is 12.5. The zero-order valence-electron chi connectivity index (χ0n) is 72.9. The maximum absolute atomic E-state index is 14.0. The number of anilines is 3. The normalized spacial score (nSPS) is 26.4. The molecule has 6 aromatic heterocycles. The summed E-state index contributed by atoms with van der Waals surface area (Å²) >= 11 is 2.11. The summed E-state index contributed by atoms with van der Waals surface area (Å²) < 4.78 is 112. The van der Waals surface area contributed by atoms with Gasteiger partial charge in [-0.3, -0.25) is 70.9 Å². The number of amides is 9. The number of ether oxygens (including phenoxy) is 9. The molecule has 6 saturated heterocycles. The molecular weight excluding hydrogens is 1830 g/mol. The Morgan fingerprint density at radius 3 is 0.845 bits per heavy atom. The number of aliphatic hydroxyl groups excluding tert-OH is 6. The number of hydrogen-bond acceptors (Lipinski definition) is 45. The van der Waals surface area contributed by atoms with Crippen LogP contribution in [0.4, 0.5) is 32.2 Å². The van der Waals surface area contributed by atoms with Gasteiger partial charge in [0.05, 0.1) is 78.4 Å². The molecule has 0 bridgehead atoms. The van der Waals surface area contributed by atoms with Crippen molar-refractivity contribution >= 4 is 159 Å². The van der Waals surface area contributed by atoms with Gasteiger partial charge in [0.25, 0.3) is 17.7 Å². The zero-order chi connectivity index (χ0) is 95.4. The van der Waals surface area contributed by atoms with Crippen LogP contribution in [0.1, 0.15) is 81.0 Å². The van der Waals surface area contributed by atoms with Crippen LogP contribution in [0.5, 0.6) is 17.6 Å². The number of imidazole rings is 3. The average molecular weight is 1940 g/mol. The molecule has 129 heavy (non-hydrogen) atoms. The Bertz CT molecular complexity index is 4780. The Morgan fingerprint density at radius 1 is 0.411 bits per heavy atom. The summed E-state index contributed by atoms with van der Waals surface area (Å²) in [5.41, 5.74) is 18.6. The second-order valence-corrected chi connectivity index (χ2v) is 43.5. The van der Waals surface area contributed by atoms with E-state index < -0.39 is 222 Å². The summed E-state index contributed by atoms with van der Waals surface area (Å²) in [4.78, 5) is 155. The number of carbonyl (C=O) groups excluding carboxylic acids is 9. The van der Waals surface area contributed by atoms with Crippen LogP contribution in [0.3, 0.4) is 0 Å². The average Bonchev–Trinajstić information content (AvgIpc) is 1.62. The molecule has 54 nitrogen and oxygen atoms in total. The Hall–Kier alpha value is -9.18. The van der Waals surface area contributed by atoms with Gasteiger partial charge >= 0.3 is 56.2 Å². The van der Waals surface area contributed by atoms with Crippen LogP contribution in [-0.4, -0.2) is 383 Å². The van der Waals surface area contributed by atoms with Crippen molar-refractivity contribution in [1.82, 2.24) is 103 Å². The Labute approximate surface area is 747 Å². The molecule has 12 heterocycles. The molecule has 12 rings (SSSR count). The van der Waals surface area contributed by atoms with E-state index in [2.05, 4.69) is 60.1 Å². The summed E-state index contributed by atoms with van der Waals surface area (Å²) in [6.07, 6.45) is -13.5. The first-order chi connectivity index (χ1) is 60.5. The van der Waals surface area contributed by atoms with Crippen LogP contribution in [0.25, 0.3) is 33.5 Å². The molecule has 6 aliphatic rings. The number of carbonyl (C=O) groups is 9. The second kappa shape index (κ2) is 42.1. The molecule has 9 amide bonds. The number of nitrogens with one attached hydrogen (secondary N) is 3. The molecule has 0 spiro atoms. The van der Waals surface area contributed by atoms with E-state index in [0.29, 0.717) is 34.1 Å². The largest absolute Gasteiger partial charge is 0.479 e. The molecule has 4 unspecified atom stereocenters. The summed E-state index contributed by atoms with van der Waals surface area (Å²) in [6.45, 7) is 0.604. The molecule has 6 aromatic rings. The third-order valence-electron chi connectivity index (χ3n) is 20.3. The predicted molar refractivity (Wildman–Crippen MR) is 455 cm³/mol. The van der Waals surface area contributed by atoms with Crippen LogP contribution < -0.4 is 46.7 Å². The highest BCUT2D eigenvalue weighted by Gasteiger charge is 2.52. The molecule has 0 saturated carbocycles. The minimum atomic E-state index is -4.04. The lowest BCUT2D eigenvalue weighted by molar-refractivity contribution is -0.149. The van der Waals surface area contributed by atoms with Gasteiger partial charge in [0.15, 0.2) is 52.2 Å². The van der Waals surface area contributed by atoms with Gasteiger partial charge in [0.1, 0.15) is 91.2 Å². The van der Waals surface area contributed by atoms with Gasteiger partial charge in [-0.2, -0.15) is 29.9 Å². The van der Waals surface area contributed by atoms with Crippen molar-refractivity contribution in [2.45, 2.75) is 190 Å². The number of aromatic nitrogens is 12. The van der Waals surface area contributed by atoms with Crippen molar-refractivity contribution in [2.75, 3.05) is 118 Å². The number of imide groups is 3. The molecule has 6 fully saturated rings. The first kappa shape index (κ1) is 102. The monoisotopic (exact) mass is 1940 g/mol. The number of hydrogen-bond donors (Lipinski definition) is 12. The van der Waals surface area contributed by atoms with Gasteiger partial charge in [-0.15, -0.1) is 0 Å². The van der Waals surface area contributed by atoms with Crippen molar-refractivity contribution in [1.29, 1.82) is 0 Å². The van der Waals surface area contributed by atoms with Crippen molar-refractivity contribution in [3.05, 3.63) is 19.0 Å². The second-order valence-electron chi connectivity index (χ2n) is 30.6. The number of methoxy groups -OCH3 is 3. The lowest BCUT2D eigenvalue weighted by atomic mass is 10.1. The SMILES string of the molecule is COc1nc(N)nc2c1ncn2[C@@H]1O[C@H](COP(=O)(N[C@H](C)C(=O)OC(C)C)SCC2C(=O)N(C)C(=O)N2C)[C@@H](O)[C@H]1O.COc1nc(N)nc2c1ncn2[C@@H]1O[C@H](CO[P@@](=O)(N[C@H](C)C(=O)OC(C)C)SCC2C(=O)N(C)C(=O)N2C)[C@@H](O)[C@H]1O.COc1nc(N)nc2c1ncn2[C@@H]1O[C@H](CO[P@](=O)(N[C@H](C)C(=O)OC(C)C)SCC2C(=O)N(C)C(=O)N2C)[C@@H](O)[C@H]1O. The Morgan fingerprint density at radius 2 is 0.643 bits per heavy atom. The number of nitrogens with zero attached hydrogens (tertiary/aromatic N) is 18. The number of esters is 3. The van der Waals surface area contributed by atoms with Gasteiger partial charge in [-0.1, -0.05) is 34.1 Å². The minimum Gasteiger partial charge on any atom is -0.479 e. The fraction of sp³-hybridized carbons (Fsp3) is 0.652. The number of rotatable bonds is 36. The van der Waals surface area contributed by atoms with E-state index in [4.69, 9.17) is 73.4 Å². The van der Waals surface area contributed by atoms with Crippen LogP contribution in [0, 0.1) is 0 Å². The summed E-state index contributed by atoms with van der Waals surface area (Å²) in [5, 5.41) is 72.8. The van der Waals surface area contributed by atoms with Crippen LogP contribution in [0.2, 0.25) is 0 Å². The minimum absolute atomic E-state index is 0.0996. The molecule has 0 aromatic carbocycles. The first-order valence-corrected chi connectivity index (χ1v) is 49.1. The molecule has 6 aliphatic heterocycles. The number of nitrogens with two attached hydrogens (primary N) is 3. The lowest BCUT2D eigenvalue weighted by Gasteiger charge is -2.26. The third-order valence-corrected chi connectivity index (χ3v) is 32.5. The van der Waals surface area contributed by atoms with Crippen molar-refractivity contribution < 1.29 is 144 Å². The Balaban J connectivity index is 0.000000201. The van der Waals surface area contributed by atoms with E-state index >= 15 is 0 Å². The highest BCUT2D eigenvalue weighted by Crippen LogP contribution is 2.60. The maximum Gasteiger partial charge on any atom is 0.327 e. The highest BCUT2D eigenvalue weighted by molar-refractivity contribution is 8.56. The van der Waals surface area contributed by atoms with Crippen LogP contribution in [0.15, 0.2) is 19.0 Å². The van der Waals surface area contributed by atoms with Gasteiger partial charge in [0, 0.05) is 59.5 Å². The van der Waals surface area contributed by atoms with Crippen molar-refractivity contribution in [2.24, 2.45) is 0 Å². The standard InChI is InChI=1S/3C23H35N8O10PS/c3*1-10(2)40-21(35)11(3)28-42(37,43-8-12-19(34)30(5)23(36)29(12)4)39-7-13-15(32)16(33)20(41-13)31-9-25-14-17(31)26-22(24)27-18(14)38-6/h3*9-13,15-16,20,32-33H,7-8H2,1-6H3,(H,28,37)(H2,24,26,27)/t11-,12?,13-,15-,16-,20-,42?;11-,12?,13-,15-,16-,20-,42+;11-,12?,13-,15-,16-,20-,42-/m111/s1. The van der Waals surface area contributed by atoms with Crippen LogP contribution >= 0.6 is 54.3 Å². The zero-order valence-corrected chi connectivity index (χ0v) is 78.1. The summed E-state index contributed by atoms with van der Waals surface area (Å²) in [5.74, 6) is -4.02. The number of nitrogen functional groups attached to an aromatic ring is 3. The molecule has 0 aliphatic carbocycles. The Kier molecular flexibility index (Phi) is 33.3. The summed E-state index contributed by atoms with van der Waals surface area (Å²) in [6, 6.07) is -7.63. The number of likely N-dealkylation sites (N-methyl/N-ethyl adjacent to an activating group) is 6. The molecular formula is C69H105N24O30P3S3. The number of aliphatic hydroxyl groups is 6. The van der Waals surface area contributed by atoms with Gasteiger partial charge < -0.3 is 119 Å². The van der Waals surface area contributed by atoms with Gasteiger partial charge in [0.2, 0.25) is 35.5 Å². The predicted octanol–water partition coefficient (Wildman–Crippen LogP) is -0.851. The highest BCUT2D eigenvalue weighted by atomic mass is 32.7. The van der Waals surface area contributed by atoms with E-state index in [-0.39, 0.29) is 86.2 Å². The molecule has 60 heteroatoms. The molecule has 21 atom stereocenters. The molecule has 714 valence electrons. The number of urea groups is 3. The quantitative estimate of drug-likeness (QED) is 0.00986. The fourth-order valence-corrected chi connectivity index (χ4v) is 25.2. The molecule has 0 radical (unpaired) electrons. The maximum atomic E-state index is 14.0. The molecule has 15 N–H and O–H groups in total. The smallest absolute Gasteiger partial charge is 0.327 e. The first-order valence-electron chi connectivity index (χ1n) is 39.4. The third kappa shape index (κ3) is 22.8. The number of fused-ring (bicyclic) bond motifs is 3. The van der Waals surface area contributed by atoms with Gasteiger partial charge in [-0.25, -0.2) is 44.6 Å². The van der Waals surface area contributed by atoms with Crippen LogP contribution in [-0.2, 0) is 84.5 Å². The van der Waals surface area contributed by atoms with E-state index in [1.807, 2.05) is 0 Å². The van der Waals surface area contributed by atoms with E-state index in [1.165, 1.54) is 132 Å². The van der Waals surface area contributed by atoms with Crippen molar-refractivity contribution in [3.8, 4) is 17.6 Å². The van der Waals surface area contributed by atoms with Gasteiger partial charge in [-0.05, 0) is 62.3 Å². The van der Waals surface area contributed by atoms with E-state index in [1.54, 1.807) is 41.5 Å². The van der Waals surface area contributed by atoms with E-state index in [0.717, 1.165) is 14.7 Å². The van der Waals surface area contributed by atoms with Crippen molar-refractivity contribution in [3.63, 3.8) is 0 Å². The van der Waals surface area contributed by atoms with E-state index in [9.17, 15) is 87.5 Å². The lowest BCUT2D eigenvalue weighted by Crippen LogP contribution is -2.37. The fourth-order valence-electron chi connectivity index (χ4n) is 13.3.